The first kappa shape index (κ1) is 18.0. The molecule has 2 amide bonds. The van der Waals surface area contributed by atoms with Crippen LogP contribution in [-0.2, 0) is 4.79 Å². The number of amides is 2. The number of carbonyl (C=O) groups excluding carboxylic acids is 2. The quantitative estimate of drug-likeness (QED) is 0.843. The molecule has 8 heteroatoms. The van der Waals surface area contributed by atoms with Gasteiger partial charge in [-0.15, -0.1) is 11.3 Å². The van der Waals surface area contributed by atoms with Crippen LogP contribution in [0.25, 0.3) is 0 Å². The number of rotatable bonds is 4. The summed E-state index contributed by atoms with van der Waals surface area (Å²) in [7, 11) is 0. The molecule has 0 aromatic carbocycles. The third-order valence-electron chi connectivity index (χ3n) is 5.76. The van der Waals surface area contributed by atoms with Crippen molar-refractivity contribution in [3.63, 3.8) is 0 Å². The first-order chi connectivity index (χ1) is 12.9. The van der Waals surface area contributed by atoms with E-state index in [1.165, 1.54) is 11.3 Å². The average molecular weight is 385 g/mol. The SMILES string of the molecule is Cc1csc(C(=O)NC23CCCC(C(=O)Nc4ccnc(C)n4)(CC2)C3)n1. The minimum atomic E-state index is -0.441. The number of nitrogens with one attached hydrogen (secondary N) is 2. The molecule has 2 aromatic heterocycles. The van der Waals surface area contributed by atoms with Crippen molar-refractivity contribution in [2.45, 2.75) is 57.9 Å². The van der Waals surface area contributed by atoms with Crippen molar-refractivity contribution < 1.29 is 9.59 Å². The van der Waals surface area contributed by atoms with Gasteiger partial charge in [0, 0.05) is 22.8 Å². The van der Waals surface area contributed by atoms with E-state index >= 15 is 0 Å². The van der Waals surface area contributed by atoms with Gasteiger partial charge in [-0.3, -0.25) is 9.59 Å². The van der Waals surface area contributed by atoms with Crippen molar-refractivity contribution in [1.29, 1.82) is 0 Å². The molecule has 7 nitrogen and oxygen atoms in total. The molecule has 27 heavy (non-hydrogen) atoms. The zero-order chi connectivity index (χ0) is 19.1. The molecular weight excluding hydrogens is 362 g/mol. The Morgan fingerprint density at radius 3 is 2.74 bits per heavy atom. The lowest BCUT2D eigenvalue weighted by Crippen LogP contribution is -2.50. The van der Waals surface area contributed by atoms with Crippen LogP contribution in [0.15, 0.2) is 17.6 Å². The van der Waals surface area contributed by atoms with Crippen LogP contribution in [0.1, 0.15) is 59.8 Å². The fourth-order valence-electron chi connectivity index (χ4n) is 4.50. The van der Waals surface area contributed by atoms with Crippen molar-refractivity contribution in [2.24, 2.45) is 5.41 Å². The van der Waals surface area contributed by atoms with Gasteiger partial charge in [-0.1, -0.05) is 6.42 Å². The monoisotopic (exact) mass is 385 g/mol. The molecule has 2 atom stereocenters. The molecule has 2 aliphatic rings. The summed E-state index contributed by atoms with van der Waals surface area (Å²) in [6.07, 6.45) is 6.59. The van der Waals surface area contributed by atoms with Gasteiger partial charge in [0.25, 0.3) is 5.91 Å². The summed E-state index contributed by atoms with van der Waals surface area (Å²) in [5.74, 6) is 1.03. The second-order valence-corrected chi connectivity index (χ2v) is 8.64. The fourth-order valence-corrected chi connectivity index (χ4v) is 5.19. The standard InChI is InChI=1S/C19H23N5O2S/c1-12-10-27-16(21-12)15(25)24-19-6-3-5-18(11-19,7-8-19)17(26)23-14-4-9-20-13(2)22-14/h4,9-10H,3,5-8,11H2,1-2H3,(H,24,25)(H,20,22,23,26). The Morgan fingerprint density at radius 2 is 2.00 bits per heavy atom. The summed E-state index contributed by atoms with van der Waals surface area (Å²) in [5, 5.41) is 8.54. The highest BCUT2D eigenvalue weighted by atomic mass is 32.1. The van der Waals surface area contributed by atoms with Crippen LogP contribution in [0.3, 0.4) is 0 Å². The number of hydrogen-bond donors (Lipinski definition) is 2. The predicted octanol–water partition coefficient (Wildman–Crippen LogP) is 3.01. The van der Waals surface area contributed by atoms with Gasteiger partial charge in [-0.2, -0.15) is 0 Å². The molecule has 0 radical (unpaired) electrons. The molecule has 2 aliphatic carbocycles. The second kappa shape index (κ2) is 6.67. The molecule has 0 aliphatic heterocycles. The van der Waals surface area contributed by atoms with Crippen molar-refractivity contribution in [3.8, 4) is 0 Å². The van der Waals surface area contributed by atoms with Gasteiger partial charge in [-0.25, -0.2) is 15.0 Å². The fraction of sp³-hybridized carbons (Fsp3) is 0.526. The first-order valence-electron chi connectivity index (χ1n) is 9.26. The van der Waals surface area contributed by atoms with Crippen LogP contribution in [0.5, 0.6) is 0 Å². The van der Waals surface area contributed by atoms with Crippen LogP contribution in [0, 0.1) is 19.3 Å². The van der Waals surface area contributed by atoms with E-state index in [2.05, 4.69) is 25.6 Å². The van der Waals surface area contributed by atoms with Gasteiger partial charge in [-0.05, 0) is 52.0 Å². The van der Waals surface area contributed by atoms with Gasteiger partial charge < -0.3 is 10.6 Å². The zero-order valence-corrected chi connectivity index (χ0v) is 16.4. The highest BCUT2D eigenvalue weighted by molar-refractivity contribution is 7.11. The van der Waals surface area contributed by atoms with E-state index in [0.29, 0.717) is 23.1 Å². The van der Waals surface area contributed by atoms with Gasteiger partial charge in [0.05, 0.1) is 5.41 Å². The number of aromatic nitrogens is 3. The first-order valence-corrected chi connectivity index (χ1v) is 10.1. The minimum absolute atomic E-state index is 0.00140. The van der Waals surface area contributed by atoms with Gasteiger partial charge in [0.1, 0.15) is 11.6 Å². The zero-order valence-electron chi connectivity index (χ0n) is 15.5. The van der Waals surface area contributed by atoms with Crippen LogP contribution in [0.2, 0.25) is 0 Å². The molecule has 0 spiro atoms. The minimum Gasteiger partial charge on any atom is -0.345 e. The van der Waals surface area contributed by atoms with Crippen LogP contribution >= 0.6 is 11.3 Å². The largest absolute Gasteiger partial charge is 0.345 e. The molecular formula is C19H23N5O2S. The summed E-state index contributed by atoms with van der Waals surface area (Å²) in [5.41, 5.74) is 0.100. The molecule has 2 aromatic rings. The Morgan fingerprint density at radius 1 is 1.15 bits per heavy atom. The van der Waals surface area contributed by atoms with E-state index in [0.717, 1.165) is 37.8 Å². The van der Waals surface area contributed by atoms with Crippen molar-refractivity contribution >= 4 is 29.0 Å². The van der Waals surface area contributed by atoms with Crippen molar-refractivity contribution in [3.05, 3.63) is 34.2 Å². The number of nitrogens with zero attached hydrogens (tertiary/aromatic N) is 3. The predicted molar refractivity (Wildman–Crippen MR) is 103 cm³/mol. The number of carbonyl (C=O) groups is 2. The summed E-state index contributed by atoms with van der Waals surface area (Å²) < 4.78 is 0. The molecule has 2 unspecified atom stereocenters. The van der Waals surface area contributed by atoms with E-state index in [9.17, 15) is 9.59 Å². The normalized spacial score (nSPS) is 26.6. The molecule has 0 saturated heterocycles. The van der Waals surface area contributed by atoms with E-state index in [1.807, 2.05) is 12.3 Å². The highest BCUT2D eigenvalue weighted by Gasteiger charge is 2.55. The molecule has 2 bridgehead atoms. The van der Waals surface area contributed by atoms with Crippen LogP contribution in [-0.4, -0.2) is 32.3 Å². The smallest absolute Gasteiger partial charge is 0.280 e. The maximum absolute atomic E-state index is 13.1. The molecule has 2 N–H and O–H groups in total. The Hall–Kier alpha value is -2.35. The summed E-state index contributed by atoms with van der Waals surface area (Å²) in [6, 6.07) is 1.71. The lowest BCUT2D eigenvalue weighted by atomic mass is 9.72. The Balaban J connectivity index is 1.49. The van der Waals surface area contributed by atoms with Gasteiger partial charge >= 0.3 is 0 Å². The highest BCUT2D eigenvalue weighted by Crippen LogP contribution is 2.54. The third-order valence-corrected chi connectivity index (χ3v) is 6.72. The summed E-state index contributed by atoms with van der Waals surface area (Å²) in [6.45, 7) is 3.68. The van der Waals surface area contributed by atoms with Crippen molar-refractivity contribution in [1.82, 2.24) is 20.3 Å². The topological polar surface area (TPSA) is 96.9 Å². The van der Waals surface area contributed by atoms with E-state index in [4.69, 9.17) is 0 Å². The molecule has 2 fully saturated rings. The average Bonchev–Trinajstić information content (AvgIpc) is 3.17. The number of thiazole rings is 1. The lowest BCUT2D eigenvalue weighted by Gasteiger charge is -2.38. The van der Waals surface area contributed by atoms with Crippen LogP contribution in [0.4, 0.5) is 5.82 Å². The molecule has 2 heterocycles. The van der Waals surface area contributed by atoms with E-state index < -0.39 is 5.41 Å². The Kier molecular flexibility index (Phi) is 4.46. The molecule has 4 rings (SSSR count). The second-order valence-electron chi connectivity index (χ2n) is 7.78. The molecule has 142 valence electrons. The molecule has 2 saturated carbocycles. The Labute approximate surface area is 162 Å². The Bertz CT molecular complexity index is 898. The maximum atomic E-state index is 13.1. The van der Waals surface area contributed by atoms with Crippen molar-refractivity contribution in [2.75, 3.05) is 5.32 Å². The number of aryl methyl sites for hydroxylation is 2. The number of hydrogen-bond acceptors (Lipinski definition) is 6. The number of fused-ring (bicyclic) bond motifs is 2. The lowest BCUT2D eigenvalue weighted by molar-refractivity contribution is -0.126. The van der Waals surface area contributed by atoms with E-state index in [1.54, 1.807) is 19.2 Å². The van der Waals surface area contributed by atoms with Gasteiger partial charge in [0.15, 0.2) is 5.01 Å². The maximum Gasteiger partial charge on any atom is 0.280 e. The third kappa shape index (κ3) is 3.45. The van der Waals surface area contributed by atoms with E-state index in [-0.39, 0.29) is 17.4 Å². The summed E-state index contributed by atoms with van der Waals surface area (Å²) >= 11 is 1.36. The van der Waals surface area contributed by atoms with Gasteiger partial charge in [0.2, 0.25) is 5.91 Å². The van der Waals surface area contributed by atoms with Crippen LogP contribution < -0.4 is 10.6 Å². The number of anilines is 1. The summed E-state index contributed by atoms with van der Waals surface area (Å²) in [4.78, 5) is 38.3.